The Hall–Kier alpha value is -8.22. The second kappa shape index (κ2) is 22.2. The number of rotatable bonds is 19. The van der Waals surface area contributed by atoms with Crippen molar-refractivity contribution in [2.75, 3.05) is 13.2 Å². The molecular weight excluding hydrogens is 889 g/mol. The summed E-state index contributed by atoms with van der Waals surface area (Å²) in [5.74, 6) is 1.00. The molecule has 0 heterocycles. The van der Waals surface area contributed by atoms with Gasteiger partial charge in [-0.05, 0) is 128 Å². The fraction of sp³-hybridized carbons (Fsp3) is 0.182. The highest BCUT2D eigenvalue weighted by molar-refractivity contribution is 6.21. The molecule has 10 rings (SSSR count). The molecule has 0 unspecified atom stereocenters. The van der Waals surface area contributed by atoms with E-state index in [0.29, 0.717) is 58.5 Å². The van der Waals surface area contributed by atoms with Crippen molar-refractivity contribution in [2.24, 2.45) is 0 Å². The molecule has 0 saturated carbocycles. The summed E-state index contributed by atoms with van der Waals surface area (Å²) in [6.07, 6.45) is 8.78. The first-order valence-corrected chi connectivity index (χ1v) is 25.5. The van der Waals surface area contributed by atoms with Crippen molar-refractivity contribution in [3.63, 3.8) is 0 Å². The van der Waals surface area contributed by atoms with Crippen LogP contribution >= 0.6 is 0 Å². The monoisotopic (exact) mass is 946 g/mol. The van der Waals surface area contributed by atoms with Crippen LogP contribution in [-0.4, -0.2) is 25.2 Å². The Morgan fingerprint density at radius 1 is 0.375 bits per heavy atom. The average Bonchev–Trinajstić information content (AvgIpc) is 3.43. The summed E-state index contributed by atoms with van der Waals surface area (Å²) < 4.78 is 26.2. The van der Waals surface area contributed by atoms with Gasteiger partial charge in [-0.2, -0.15) is 0 Å². The van der Waals surface area contributed by atoms with E-state index in [1.807, 2.05) is 84.9 Å². The van der Waals surface area contributed by atoms with Crippen molar-refractivity contribution in [3.8, 4) is 56.4 Å². The summed E-state index contributed by atoms with van der Waals surface area (Å²) in [6.45, 7) is 5.60. The van der Waals surface area contributed by atoms with E-state index < -0.39 is 11.9 Å². The molecule has 10 aromatic carbocycles. The van der Waals surface area contributed by atoms with Gasteiger partial charge in [-0.1, -0.05) is 186 Å². The number of esters is 2. The quantitative estimate of drug-likeness (QED) is 0.0348. The number of hydrogen-bond acceptors (Lipinski definition) is 6. The van der Waals surface area contributed by atoms with Gasteiger partial charge in [0.05, 0.1) is 24.3 Å². The fourth-order valence-electron chi connectivity index (χ4n) is 9.78. The largest absolute Gasteiger partial charge is 0.494 e. The van der Waals surface area contributed by atoms with E-state index in [1.165, 1.54) is 12.8 Å². The summed E-state index contributed by atoms with van der Waals surface area (Å²) in [5.41, 5.74) is 5.31. The first-order valence-electron chi connectivity index (χ1n) is 25.5. The highest BCUT2D eigenvalue weighted by atomic mass is 16.5. The van der Waals surface area contributed by atoms with Crippen molar-refractivity contribution in [1.82, 2.24) is 0 Å². The summed E-state index contributed by atoms with van der Waals surface area (Å²) in [4.78, 5) is 30.1. The number of unbranched alkanes of at least 4 members (excludes halogenated alkanes) is 6. The van der Waals surface area contributed by atoms with E-state index in [2.05, 4.69) is 98.8 Å². The highest BCUT2D eigenvalue weighted by Crippen LogP contribution is 2.55. The summed E-state index contributed by atoms with van der Waals surface area (Å²) in [6, 6.07) is 63.7. The van der Waals surface area contributed by atoms with Crippen LogP contribution in [0.1, 0.15) is 85.9 Å². The molecule has 0 atom stereocenters. The van der Waals surface area contributed by atoms with Gasteiger partial charge in [0.25, 0.3) is 0 Å². The Balaban J connectivity index is 1.24. The lowest BCUT2D eigenvalue weighted by atomic mass is 9.83. The average molecular weight is 947 g/mol. The fourth-order valence-corrected chi connectivity index (χ4v) is 9.78. The molecule has 6 nitrogen and oxygen atoms in total. The van der Waals surface area contributed by atoms with E-state index in [1.54, 1.807) is 24.3 Å². The van der Waals surface area contributed by atoms with Gasteiger partial charge >= 0.3 is 11.9 Å². The lowest BCUT2D eigenvalue weighted by Gasteiger charge is -2.25. The smallest absolute Gasteiger partial charge is 0.343 e. The Labute approximate surface area is 421 Å². The number of benzene rings is 10. The van der Waals surface area contributed by atoms with Gasteiger partial charge in [0.2, 0.25) is 0 Å². The van der Waals surface area contributed by atoms with Crippen LogP contribution in [0.25, 0.3) is 76.5 Å². The molecule has 0 fully saturated rings. The lowest BCUT2D eigenvalue weighted by molar-refractivity contribution is 0.0725. The Morgan fingerprint density at radius 3 is 1.15 bits per heavy atom. The summed E-state index contributed by atoms with van der Waals surface area (Å²) in [5, 5.41) is 7.04. The van der Waals surface area contributed by atoms with Crippen LogP contribution < -0.4 is 18.9 Å². The van der Waals surface area contributed by atoms with Crippen LogP contribution in [0.4, 0.5) is 0 Å². The zero-order valence-electron chi connectivity index (χ0n) is 41.0. The second-order valence-corrected chi connectivity index (χ2v) is 18.4. The maximum atomic E-state index is 15.0. The van der Waals surface area contributed by atoms with Gasteiger partial charge in [-0.15, -0.1) is 0 Å². The third-order valence-electron chi connectivity index (χ3n) is 13.5. The van der Waals surface area contributed by atoms with Crippen molar-refractivity contribution in [2.45, 2.75) is 65.2 Å². The van der Waals surface area contributed by atoms with E-state index in [0.717, 1.165) is 104 Å². The van der Waals surface area contributed by atoms with Gasteiger partial charge in [0.15, 0.2) is 0 Å². The minimum Gasteiger partial charge on any atom is -0.494 e. The van der Waals surface area contributed by atoms with Crippen molar-refractivity contribution in [1.29, 1.82) is 0 Å². The molecule has 0 aliphatic carbocycles. The van der Waals surface area contributed by atoms with Crippen LogP contribution in [0.3, 0.4) is 0 Å². The highest BCUT2D eigenvalue weighted by Gasteiger charge is 2.30. The molecule has 0 amide bonds. The van der Waals surface area contributed by atoms with E-state index in [-0.39, 0.29) is 0 Å². The third kappa shape index (κ3) is 10.2. The first kappa shape index (κ1) is 47.5. The predicted octanol–water partition coefficient (Wildman–Crippen LogP) is 17.7. The number of ether oxygens (including phenoxy) is 4. The first-order chi connectivity index (χ1) is 35.5. The second-order valence-electron chi connectivity index (χ2n) is 18.4. The zero-order chi connectivity index (χ0) is 49.2. The van der Waals surface area contributed by atoms with Crippen LogP contribution in [0.15, 0.2) is 194 Å². The van der Waals surface area contributed by atoms with E-state index in [4.69, 9.17) is 18.9 Å². The number of carbonyl (C=O) groups excluding carboxylic acids is 2. The maximum absolute atomic E-state index is 15.0. The third-order valence-corrected chi connectivity index (χ3v) is 13.5. The lowest BCUT2D eigenvalue weighted by Crippen LogP contribution is -2.12. The van der Waals surface area contributed by atoms with Crippen molar-refractivity contribution < 1.29 is 28.5 Å². The minimum atomic E-state index is -0.538. The van der Waals surface area contributed by atoms with Crippen LogP contribution in [0.2, 0.25) is 0 Å². The normalized spacial score (nSPS) is 11.3. The van der Waals surface area contributed by atoms with Gasteiger partial charge in [0.1, 0.15) is 23.0 Å². The molecule has 0 aromatic heterocycles. The molecule has 72 heavy (non-hydrogen) atoms. The topological polar surface area (TPSA) is 71.1 Å². The standard InChI is InChI=1S/C66H58O6/c1-3-5-7-19-41-69-53-37-33-49(34-38-53)65(67)71-63-59-51(31-29-47-25-15-17-27-55(47)59)43-57(45-21-11-9-12-22-45)61(63)62-58(46-23-13-10-14-24-46)44-52-32-30-48-26-16-18-28-56(48)60(52)64(62)72-66(68)50-35-39-54(40-36-50)70-42-20-8-6-4-2/h9-18,21-40,43-44H,3-8,19-20,41-42H2,1-2H3. The zero-order valence-corrected chi connectivity index (χ0v) is 41.0. The molecular formula is C66H58O6. The molecule has 0 spiro atoms. The molecule has 0 radical (unpaired) electrons. The molecule has 0 saturated heterocycles. The number of carbonyl (C=O) groups is 2. The number of hydrogen-bond donors (Lipinski definition) is 0. The van der Waals surface area contributed by atoms with E-state index >= 15 is 9.59 Å². The molecule has 6 heteroatoms. The Morgan fingerprint density at radius 2 is 0.750 bits per heavy atom. The molecule has 10 aromatic rings. The Bertz CT molecular complexity index is 3270. The summed E-state index contributed by atoms with van der Waals surface area (Å²) >= 11 is 0. The SMILES string of the molecule is CCCCCCOc1ccc(C(=O)Oc2c(-c3c(-c4ccccc4)cc4ccc5ccccc5c4c3OC(=O)c3ccc(OCCCCCC)cc3)c(-c3ccccc3)cc3ccc4ccccc4c23)cc1. The molecule has 0 bridgehead atoms. The Kier molecular flexibility index (Phi) is 14.7. The molecule has 0 aliphatic rings. The van der Waals surface area contributed by atoms with Gasteiger partial charge in [0, 0.05) is 21.9 Å². The van der Waals surface area contributed by atoms with Crippen LogP contribution in [0, 0.1) is 0 Å². The molecule has 358 valence electrons. The van der Waals surface area contributed by atoms with E-state index in [9.17, 15) is 0 Å². The predicted molar refractivity (Wildman–Crippen MR) is 295 cm³/mol. The van der Waals surface area contributed by atoms with Gasteiger partial charge in [-0.25, -0.2) is 9.59 Å². The minimum absolute atomic E-state index is 0.346. The van der Waals surface area contributed by atoms with Crippen molar-refractivity contribution in [3.05, 3.63) is 205 Å². The molecule has 0 N–H and O–H groups in total. The number of fused-ring (bicyclic) bond motifs is 6. The van der Waals surface area contributed by atoms with Gasteiger partial charge in [-0.3, -0.25) is 0 Å². The van der Waals surface area contributed by atoms with Crippen LogP contribution in [-0.2, 0) is 0 Å². The van der Waals surface area contributed by atoms with Gasteiger partial charge < -0.3 is 18.9 Å². The molecule has 0 aliphatic heterocycles. The summed E-state index contributed by atoms with van der Waals surface area (Å²) in [7, 11) is 0. The maximum Gasteiger partial charge on any atom is 0.343 e. The van der Waals surface area contributed by atoms with Crippen LogP contribution in [0.5, 0.6) is 23.0 Å². The van der Waals surface area contributed by atoms with Crippen molar-refractivity contribution >= 4 is 55.0 Å².